The van der Waals surface area contributed by atoms with E-state index in [4.69, 9.17) is 9.47 Å². The largest absolute Gasteiger partial charge is 0.461 e. The highest BCUT2D eigenvalue weighted by atomic mass is 16.6. The van der Waals surface area contributed by atoms with Crippen molar-refractivity contribution in [1.29, 1.82) is 0 Å². The van der Waals surface area contributed by atoms with E-state index in [9.17, 15) is 9.59 Å². The van der Waals surface area contributed by atoms with E-state index in [1.807, 2.05) is 27.7 Å². The first-order chi connectivity index (χ1) is 13.5. The zero-order chi connectivity index (χ0) is 21.7. The lowest BCUT2D eigenvalue weighted by Crippen LogP contribution is -2.34. The summed E-state index contributed by atoms with van der Waals surface area (Å²) >= 11 is 0. The predicted molar refractivity (Wildman–Crippen MR) is 115 cm³/mol. The average molecular weight is 407 g/mol. The smallest absolute Gasteiger partial charge is 0.407 e. The number of esters is 1. The van der Waals surface area contributed by atoms with E-state index in [0.29, 0.717) is 31.3 Å². The zero-order valence-electron chi connectivity index (χ0n) is 19.0. The Hall–Kier alpha value is -1.85. The molecule has 0 radical (unpaired) electrons. The molecule has 0 fully saturated rings. The fourth-order valence-electron chi connectivity index (χ4n) is 4.13. The lowest BCUT2D eigenvalue weighted by Gasteiger charge is -2.35. The Morgan fingerprint density at radius 2 is 2.00 bits per heavy atom. The number of allylic oxidation sites excluding steroid dienone is 1. The quantitative estimate of drug-likeness (QED) is 0.664. The minimum absolute atomic E-state index is 0.233. The highest BCUT2D eigenvalue weighted by Crippen LogP contribution is 2.42. The van der Waals surface area contributed by atoms with Crippen LogP contribution in [0.3, 0.4) is 0 Å². The van der Waals surface area contributed by atoms with Crippen LogP contribution in [0.15, 0.2) is 16.1 Å². The van der Waals surface area contributed by atoms with Crippen molar-refractivity contribution in [2.24, 2.45) is 16.3 Å². The molecule has 6 nitrogen and oxygen atoms in total. The van der Waals surface area contributed by atoms with Gasteiger partial charge in [0.1, 0.15) is 11.3 Å². The fraction of sp³-hybridized carbons (Fsp3) is 0.783. The van der Waals surface area contributed by atoms with Gasteiger partial charge in [0, 0.05) is 13.1 Å². The van der Waals surface area contributed by atoms with Crippen LogP contribution in [-0.4, -0.2) is 43.1 Å². The van der Waals surface area contributed by atoms with Crippen LogP contribution in [0.25, 0.3) is 0 Å². The number of carbonyl (C=O) groups is 2. The van der Waals surface area contributed by atoms with Crippen LogP contribution in [0.2, 0.25) is 0 Å². The monoisotopic (exact) mass is 406 g/mol. The van der Waals surface area contributed by atoms with Crippen molar-refractivity contribution in [1.82, 2.24) is 5.32 Å². The van der Waals surface area contributed by atoms with Crippen molar-refractivity contribution >= 4 is 17.8 Å². The van der Waals surface area contributed by atoms with Crippen LogP contribution in [0, 0.1) is 11.3 Å². The molecule has 0 saturated heterocycles. The molecule has 1 aliphatic heterocycles. The van der Waals surface area contributed by atoms with Gasteiger partial charge in [-0.1, -0.05) is 19.4 Å². The van der Waals surface area contributed by atoms with Gasteiger partial charge in [-0.3, -0.25) is 4.99 Å². The van der Waals surface area contributed by atoms with Gasteiger partial charge in [-0.2, -0.15) is 0 Å². The summed E-state index contributed by atoms with van der Waals surface area (Å²) in [5, 5.41) is 2.87. The number of nitrogens with zero attached hydrogens (tertiary/aromatic N) is 1. The van der Waals surface area contributed by atoms with Gasteiger partial charge >= 0.3 is 12.1 Å². The number of rotatable bonds is 5. The van der Waals surface area contributed by atoms with E-state index in [-0.39, 0.29) is 17.5 Å². The van der Waals surface area contributed by atoms with Crippen molar-refractivity contribution < 1.29 is 19.1 Å². The van der Waals surface area contributed by atoms with E-state index in [1.165, 1.54) is 5.57 Å². The average Bonchev–Trinajstić information content (AvgIpc) is 2.55. The second-order valence-electron chi connectivity index (χ2n) is 9.95. The minimum atomic E-state index is -0.490. The van der Waals surface area contributed by atoms with Crippen LogP contribution >= 0.6 is 0 Å². The molecule has 2 aliphatic rings. The number of amides is 1. The molecule has 0 bridgehead atoms. The summed E-state index contributed by atoms with van der Waals surface area (Å²) < 4.78 is 10.6. The summed E-state index contributed by atoms with van der Waals surface area (Å²) in [7, 11) is 0. The summed E-state index contributed by atoms with van der Waals surface area (Å²) in [6.45, 7) is 13.5. The molecular formula is C23H38N2O4. The van der Waals surface area contributed by atoms with Crippen LogP contribution in [0.5, 0.6) is 0 Å². The van der Waals surface area contributed by atoms with Gasteiger partial charge in [0.25, 0.3) is 0 Å². The summed E-state index contributed by atoms with van der Waals surface area (Å²) in [6.07, 6.45) is 5.27. The molecule has 29 heavy (non-hydrogen) atoms. The number of hydrogen-bond acceptors (Lipinski definition) is 5. The summed E-state index contributed by atoms with van der Waals surface area (Å²) in [4.78, 5) is 29.0. The predicted octanol–water partition coefficient (Wildman–Crippen LogP) is 4.82. The first-order valence-corrected chi connectivity index (χ1v) is 10.9. The molecule has 1 N–H and O–H groups in total. The molecule has 0 aromatic heterocycles. The summed E-state index contributed by atoms with van der Waals surface area (Å²) in [5.41, 5.74) is 2.73. The normalized spacial score (nSPS) is 22.0. The topological polar surface area (TPSA) is 77.0 Å². The minimum Gasteiger partial charge on any atom is -0.461 e. The molecule has 1 heterocycles. The second-order valence-corrected chi connectivity index (χ2v) is 9.95. The molecule has 164 valence electrons. The van der Waals surface area contributed by atoms with Crippen molar-refractivity contribution in [3.05, 3.63) is 11.1 Å². The number of hydrogen-bond donors (Lipinski definition) is 1. The van der Waals surface area contributed by atoms with Crippen molar-refractivity contribution in [3.8, 4) is 0 Å². The molecule has 0 saturated carbocycles. The second kappa shape index (κ2) is 9.77. The molecule has 1 unspecified atom stereocenters. The maximum absolute atomic E-state index is 12.5. The fourth-order valence-corrected chi connectivity index (χ4v) is 4.13. The SMILES string of the molecule is CCOC(=O)C1=NCCC(CCNC(=O)OC(C)(C)C)CC2=C1CCC(C)(C)C2. The third-order valence-corrected chi connectivity index (χ3v) is 5.49. The number of aliphatic imine (C=N–C) groups is 1. The third-order valence-electron chi connectivity index (χ3n) is 5.49. The van der Waals surface area contributed by atoms with Crippen LogP contribution in [0.1, 0.15) is 80.1 Å². The third kappa shape index (κ3) is 7.48. The molecule has 1 amide bonds. The number of carbonyl (C=O) groups excluding carboxylic acids is 2. The standard InChI is InChI=1S/C23H38N2O4/c1-7-28-20(26)19-18-8-11-23(5,6)15-17(18)14-16(9-12-24-19)10-13-25-21(27)29-22(2,3)4/h16H,7-15H2,1-6H3,(H,25,27). The first-order valence-electron chi connectivity index (χ1n) is 10.9. The molecule has 0 aromatic rings. The van der Waals surface area contributed by atoms with Gasteiger partial charge in [-0.15, -0.1) is 0 Å². The molecule has 0 aromatic carbocycles. The van der Waals surface area contributed by atoms with Crippen LogP contribution < -0.4 is 5.32 Å². The van der Waals surface area contributed by atoms with Crippen molar-refractivity contribution in [3.63, 3.8) is 0 Å². The Labute approximate surface area is 175 Å². The lowest BCUT2D eigenvalue weighted by atomic mass is 9.70. The number of alkyl carbamates (subject to hydrolysis) is 1. The van der Waals surface area contributed by atoms with Gasteiger partial charge in [-0.25, -0.2) is 9.59 Å². The van der Waals surface area contributed by atoms with Gasteiger partial charge < -0.3 is 14.8 Å². The zero-order valence-corrected chi connectivity index (χ0v) is 19.0. The van der Waals surface area contributed by atoms with Crippen LogP contribution in [-0.2, 0) is 14.3 Å². The summed E-state index contributed by atoms with van der Waals surface area (Å²) in [6, 6.07) is 0. The molecule has 1 atom stereocenters. The molecule has 1 aliphatic carbocycles. The maximum Gasteiger partial charge on any atom is 0.407 e. The highest BCUT2D eigenvalue weighted by molar-refractivity contribution is 6.43. The number of ether oxygens (including phenoxy) is 2. The maximum atomic E-state index is 12.5. The Kier molecular flexibility index (Phi) is 7.89. The van der Waals surface area contributed by atoms with Gasteiger partial charge in [-0.05, 0) is 83.1 Å². The van der Waals surface area contributed by atoms with E-state index < -0.39 is 5.60 Å². The molecule has 2 rings (SSSR count). The Balaban J connectivity index is 2.07. The van der Waals surface area contributed by atoms with Crippen molar-refractivity contribution in [2.45, 2.75) is 85.7 Å². The van der Waals surface area contributed by atoms with E-state index in [0.717, 1.165) is 44.1 Å². The Morgan fingerprint density at radius 1 is 1.28 bits per heavy atom. The lowest BCUT2D eigenvalue weighted by molar-refractivity contribution is -0.135. The van der Waals surface area contributed by atoms with E-state index in [2.05, 4.69) is 24.2 Å². The van der Waals surface area contributed by atoms with Gasteiger partial charge in [0.05, 0.1) is 6.61 Å². The Morgan fingerprint density at radius 3 is 2.66 bits per heavy atom. The Bertz CT molecular complexity index is 671. The molecule has 6 heteroatoms. The highest BCUT2D eigenvalue weighted by Gasteiger charge is 2.33. The van der Waals surface area contributed by atoms with Gasteiger partial charge in [0.15, 0.2) is 0 Å². The number of nitrogens with one attached hydrogen (secondary N) is 1. The van der Waals surface area contributed by atoms with Crippen molar-refractivity contribution in [2.75, 3.05) is 19.7 Å². The first kappa shape index (κ1) is 23.4. The molecule has 0 spiro atoms. The van der Waals surface area contributed by atoms with E-state index in [1.54, 1.807) is 0 Å². The van der Waals surface area contributed by atoms with E-state index >= 15 is 0 Å². The molecular weight excluding hydrogens is 368 g/mol. The van der Waals surface area contributed by atoms with Crippen LogP contribution in [0.4, 0.5) is 4.79 Å². The van der Waals surface area contributed by atoms with Gasteiger partial charge in [0.2, 0.25) is 0 Å². The summed E-state index contributed by atoms with van der Waals surface area (Å²) in [5.74, 6) is 0.140.